The van der Waals surface area contributed by atoms with Crippen molar-refractivity contribution in [3.8, 4) is 0 Å². The van der Waals surface area contributed by atoms with Crippen LogP contribution >= 0.6 is 23.2 Å². The van der Waals surface area contributed by atoms with Crippen molar-refractivity contribution in [2.45, 2.75) is 32.7 Å². The van der Waals surface area contributed by atoms with Gasteiger partial charge in [0.15, 0.2) is 0 Å². The molecule has 1 aromatic carbocycles. The van der Waals surface area contributed by atoms with Crippen molar-refractivity contribution < 1.29 is 4.79 Å². The first-order valence-electron chi connectivity index (χ1n) is 7.00. The summed E-state index contributed by atoms with van der Waals surface area (Å²) in [6.07, 6.45) is 1.23. The molecule has 1 amide bonds. The molecular weight excluding hydrogens is 337 g/mol. The van der Waals surface area contributed by atoms with Crippen LogP contribution in [0.4, 0.5) is 5.69 Å². The number of halogens is 2. The molecule has 7 heteroatoms. The zero-order valence-electron chi connectivity index (χ0n) is 13.1. The Bertz CT molecular complexity index is 777. The molecule has 0 bridgehead atoms. The number of hydrogen-bond acceptors (Lipinski definition) is 3. The molecule has 5 nitrogen and oxygen atoms in total. The molecule has 2 rings (SSSR count). The van der Waals surface area contributed by atoms with Gasteiger partial charge in [-0.15, -0.1) is 0 Å². The Morgan fingerprint density at radius 2 is 1.83 bits per heavy atom. The Hall–Kier alpha value is -1.85. The molecule has 0 spiro atoms. The van der Waals surface area contributed by atoms with Gasteiger partial charge in [0, 0.05) is 5.69 Å². The normalized spacial score (nSPS) is 11.3. The second-order valence-corrected chi connectivity index (χ2v) is 6.93. The van der Waals surface area contributed by atoms with E-state index in [2.05, 4.69) is 31.2 Å². The predicted molar refractivity (Wildman–Crippen MR) is 92.3 cm³/mol. The van der Waals surface area contributed by atoms with E-state index in [4.69, 9.17) is 23.2 Å². The number of amides is 1. The van der Waals surface area contributed by atoms with Gasteiger partial charge < -0.3 is 5.32 Å². The van der Waals surface area contributed by atoms with Gasteiger partial charge >= 0.3 is 0 Å². The smallest absolute Gasteiger partial charge is 0.287 e. The number of carbonyl (C=O) groups is 1. The van der Waals surface area contributed by atoms with E-state index in [9.17, 15) is 9.59 Å². The fraction of sp³-hybridized carbons (Fsp3) is 0.312. The van der Waals surface area contributed by atoms with Crippen molar-refractivity contribution in [2.24, 2.45) is 0 Å². The predicted octanol–water partition coefficient (Wildman–Crippen LogP) is 3.49. The van der Waals surface area contributed by atoms with E-state index in [1.165, 1.54) is 6.20 Å². The van der Waals surface area contributed by atoms with Gasteiger partial charge in [0.05, 0.1) is 11.2 Å². The molecule has 0 aliphatic heterocycles. The molecule has 0 radical (unpaired) electrons. The van der Waals surface area contributed by atoms with Crippen LogP contribution in [0.15, 0.2) is 35.3 Å². The third-order valence-electron chi connectivity index (χ3n) is 3.27. The lowest BCUT2D eigenvalue weighted by Crippen LogP contribution is -2.29. The Morgan fingerprint density at radius 3 is 2.39 bits per heavy atom. The molecule has 0 aliphatic rings. The minimum absolute atomic E-state index is 0.0415. The van der Waals surface area contributed by atoms with Crippen molar-refractivity contribution >= 4 is 34.8 Å². The van der Waals surface area contributed by atoms with E-state index >= 15 is 0 Å². The van der Waals surface area contributed by atoms with Crippen molar-refractivity contribution in [2.75, 3.05) is 5.32 Å². The molecule has 0 unspecified atom stereocenters. The molecule has 0 aliphatic carbocycles. The molecule has 1 heterocycles. The van der Waals surface area contributed by atoms with E-state index in [-0.39, 0.29) is 27.9 Å². The standard InChI is InChI=1S/C16H17Cl2N3O2/c1-16(2,3)10-4-6-11(7-5-10)20-13(22)9-21-15(23)14(18)12(17)8-19-21/h4-8H,9H2,1-3H3,(H,20,22). The average Bonchev–Trinajstić information content (AvgIpc) is 2.47. The fourth-order valence-corrected chi connectivity index (χ4v) is 2.22. The van der Waals surface area contributed by atoms with Crippen LogP contribution in [-0.4, -0.2) is 15.7 Å². The number of aromatic nitrogens is 2. The number of hydrogen-bond donors (Lipinski definition) is 1. The Balaban J connectivity index is 2.08. The lowest BCUT2D eigenvalue weighted by atomic mass is 9.87. The van der Waals surface area contributed by atoms with Crippen LogP contribution in [0.1, 0.15) is 26.3 Å². The molecule has 1 N–H and O–H groups in total. The van der Waals surface area contributed by atoms with Crippen molar-refractivity contribution in [3.63, 3.8) is 0 Å². The maximum absolute atomic E-state index is 12.0. The van der Waals surface area contributed by atoms with Crippen molar-refractivity contribution in [1.82, 2.24) is 9.78 Å². The molecule has 0 fully saturated rings. The first-order valence-corrected chi connectivity index (χ1v) is 7.75. The number of rotatable bonds is 3. The van der Waals surface area contributed by atoms with Gasteiger partial charge in [-0.2, -0.15) is 5.10 Å². The summed E-state index contributed by atoms with van der Waals surface area (Å²) in [5.41, 5.74) is 1.26. The minimum Gasteiger partial charge on any atom is -0.324 e. The van der Waals surface area contributed by atoms with E-state index < -0.39 is 5.56 Å². The highest BCUT2D eigenvalue weighted by atomic mass is 35.5. The Labute approximate surface area is 144 Å². The monoisotopic (exact) mass is 353 g/mol. The van der Waals surface area contributed by atoms with Gasteiger partial charge in [-0.25, -0.2) is 4.68 Å². The van der Waals surface area contributed by atoms with Crippen LogP contribution in [0.2, 0.25) is 10.0 Å². The number of nitrogens with one attached hydrogen (secondary N) is 1. The molecule has 0 saturated carbocycles. The topological polar surface area (TPSA) is 64.0 Å². The lowest BCUT2D eigenvalue weighted by Gasteiger charge is -2.19. The van der Waals surface area contributed by atoms with Crippen LogP contribution in [0.5, 0.6) is 0 Å². The maximum Gasteiger partial charge on any atom is 0.287 e. The third kappa shape index (κ3) is 4.33. The van der Waals surface area contributed by atoms with Crippen LogP contribution < -0.4 is 10.9 Å². The van der Waals surface area contributed by atoms with Gasteiger partial charge in [0.1, 0.15) is 11.6 Å². The number of carbonyl (C=O) groups excluding carboxylic acids is 1. The molecule has 0 atom stereocenters. The minimum atomic E-state index is -0.600. The summed E-state index contributed by atoms with van der Waals surface area (Å²) < 4.78 is 0.965. The van der Waals surface area contributed by atoms with Gasteiger partial charge in [0.2, 0.25) is 5.91 Å². The first-order chi connectivity index (χ1) is 10.7. The fourth-order valence-electron chi connectivity index (χ4n) is 1.95. The van der Waals surface area contributed by atoms with Crippen molar-refractivity contribution in [1.29, 1.82) is 0 Å². The summed E-state index contributed by atoms with van der Waals surface area (Å²) in [6, 6.07) is 7.56. The molecule has 23 heavy (non-hydrogen) atoms. The summed E-state index contributed by atoms with van der Waals surface area (Å²) in [5.74, 6) is -0.374. The Kier molecular flexibility index (Phi) is 5.12. The average molecular weight is 354 g/mol. The summed E-state index contributed by atoms with van der Waals surface area (Å²) in [5, 5.41) is 6.42. The number of anilines is 1. The van der Waals surface area contributed by atoms with E-state index in [1.807, 2.05) is 24.3 Å². The summed E-state index contributed by atoms with van der Waals surface area (Å²) in [4.78, 5) is 23.9. The van der Waals surface area contributed by atoms with Crippen LogP contribution in [-0.2, 0) is 16.8 Å². The number of nitrogens with zero attached hydrogens (tertiary/aromatic N) is 2. The van der Waals surface area contributed by atoms with Crippen LogP contribution in [0, 0.1) is 0 Å². The van der Waals surface area contributed by atoms with E-state index in [0.717, 1.165) is 10.2 Å². The lowest BCUT2D eigenvalue weighted by molar-refractivity contribution is -0.117. The first kappa shape index (κ1) is 17.5. The van der Waals surface area contributed by atoms with E-state index in [0.29, 0.717) is 5.69 Å². The summed E-state index contributed by atoms with van der Waals surface area (Å²) in [7, 11) is 0. The highest BCUT2D eigenvalue weighted by molar-refractivity contribution is 6.41. The quantitative estimate of drug-likeness (QED) is 0.918. The van der Waals surface area contributed by atoms with Crippen LogP contribution in [0.3, 0.4) is 0 Å². The molecule has 2 aromatic rings. The SMILES string of the molecule is CC(C)(C)c1ccc(NC(=O)Cn2ncc(Cl)c(Cl)c2=O)cc1. The molecule has 122 valence electrons. The van der Waals surface area contributed by atoms with Crippen LogP contribution in [0.25, 0.3) is 0 Å². The highest BCUT2D eigenvalue weighted by Crippen LogP contribution is 2.23. The van der Waals surface area contributed by atoms with Gasteiger partial charge in [-0.1, -0.05) is 56.1 Å². The van der Waals surface area contributed by atoms with Gasteiger partial charge in [-0.05, 0) is 23.1 Å². The number of benzene rings is 1. The zero-order valence-corrected chi connectivity index (χ0v) is 14.6. The molecular formula is C16H17Cl2N3O2. The van der Waals surface area contributed by atoms with E-state index in [1.54, 1.807) is 0 Å². The van der Waals surface area contributed by atoms with Gasteiger partial charge in [-0.3, -0.25) is 9.59 Å². The third-order valence-corrected chi connectivity index (χ3v) is 4.02. The second-order valence-electron chi connectivity index (χ2n) is 6.14. The summed E-state index contributed by atoms with van der Waals surface area (Å²) >= 11 is 11.4. The summed E-state index contributed by atoms with van der Waals surface area (Å²) in [6.45, 7) is 6.10. The zero-order chi connectivity index (χ0) is 17.2. The second kappa shape index (κ2) is 6.72. The molecule has 1 aromatic heterocycles. The highest BCUT2D eigenvalue weighted by Gasteiger charge is 2.14. The molecule has 0 saturated heterocycles. The van der Waals surface area contributed by atoms with Crippen molar-refractivity contribution in [3.05, 3.63) is 56.4 Å². The Morgan fingerprint density at radius 1 is 1.22 bits per heavy atom. The largest absolute Gasteiger partial charge is 0.324 e. The maximum atomic E-state index is 12.0. The van der Waals surface area contributed by atoms with Gasteiger partial charge in [0.25, 0.3) is 5.56 Å².